The minimum atomic E-state index is 0.0807. The summed E-state index contributed by atoms with van der Waals surface area (Å²) in [6.07, 6.45) is 1.33. The molecule has 2 nitrogen and oxygen atoms in total. The molecule has 0 aliphatic rings. The monoisotopic (exact) mass is 241 g/mol. The molecule has 2 aromatic rings. The van der Waals surface area contributed by atoms with Crippen molar-refractivity contribution in [1.29, 1.82) is 0 Å². The fourth-order valence-electron chi connectivity index (χ4n) is 1.83. The van der Waals surface area contributed by atoms with Crippen LogP contribution in [0.2, 0.25) is 0 Å². The van der Waals surface area contributed by atoms with Gasteiger partial charge in [-0.15, -0.1) is 0 Å². The quantitative estimate of drug-likeness (QED) is 0.801. The van der Waals surface area contributed by atoms with E-state index in [-0.39, 0.29) is 5.91 Å². The van der Waals surface area contributed by atoms with Crippen molar-refractivity contribution in [2.24, 2.45) is 0 Å². The SMILES string of the molecule is [18O]=C(Cc1ccccc1)NCCc1ccccc1. The number of rotatable bonds is 5. The van der Waals surface area contributed by atoms with Crippen LogP contribution in [0, 0.1) is 0 Å². The maximum Gasteiger partial charge on any atom is 0.224 e. The summed E-state index contributed by atoms with van der Waals surface area (Å²) in [4.78, 5) is 11.7. The highest BCUT2D eigenvalue weighted by Crippen LogP contribution is 2.00. The van der Waals surface area contributed by atoms with Gasteiger partial charge in [0.1, 0.15) is 0 Å². The molecule has 2 rings (SSSR count). The number of hydrogen-bond donors (Lipinski definition) is 1. The lowest BCUT2D eigenvalue weighted by atomic mass is 10.1. The van der Waals surface area contributed by atoms with Crippen molar-refractivity contribution in [3.05, 3.63) is 71.8 Å². The molecule has 0 saturated carbocycles. The van der Waals surface area contributed by atoms with E-state index in [1.807, 2.05) is 48.5 Å². The highest BCUT2D eigenvalue weighted by molar-refractivity contribution is 5.78. The molecule has 0 bridgehead atoms. The van der Waals surface area contributed by atoms with Crippen molar-refractivity contribution >= 4 is 5.91 Å². The summed E-state index contributed by atoms with van der Waals surface area (Å²) in [5.41, 5.74) is 2.30. The average molecular weight is 241 g/mol. The van der Waals surface area contributed by atoms with Crippen molar-refractivity contribution < 1.29 is 4.79 Å². The lowest BCUT2D eigenvalue weighted by molar-refractivity contribution is -0.120. The fourth-order valence-corrected chi connectivity index (χ4v) is 1.83. The number of nitrogens with one attached hydrogen (secondary N) is 1. The van der Waals surface area contributed by atoms with Crippen molar-refractivity contribution in [1.82, 2.24) is 5.32 Å². The molecular formula is C16H17NO. The van der Waals surface area contributed by atoms with E-state index in [4.69, 9.17) is 0 Å². The fraction of sp³-hybridized carbons (Fsp3) is 0.188. The van der Waals surface area contributed by atoms with Crippen molar-refractivity contribution in [3.8, 4) is 0 Å². The van der Waals surface area contributed by atoms with E-state index in [0.29, 0.717) is 13.0 Å². The second-order valence-electron chi connectivity index (χ2n) is 4.25. The first kappa shape index (κ1) is 12.4. The Kier molecular flexibility index (Phi) is 4.53. The Morgan fingerprint density at radius 2 is 1.39 bits per heavy atom. The van der Waals surface area contributed by atoms with Crippen molar-refractivity contribution in [2.75, 3.05) is 6.54 Å². The molecule has 1 amide bonds. The summed E-state index contributed by atoms with van der Waals surface area (Å²) >= 11 is 0. The minimum Gasteiger partial charge on any atom is -0.355 e. The Bertz CT molecular complexity index is 479. The first-order valence-corrected chi connectivity index (χ1v) is 6.19. The maximum atomic E-state index is 11.7. The highest BCUT2D eigenvalue weighted by Gasteiger charge is 2.01. The van der Waals surface area contributed by atoms with Crippen LogP contribution < -0.4 is 5.32 Å². The van der Waals surface area contributed by atoms with Gasteiger partial charge in [-0.2, -0.15) is 0 Å². The zero-order chi connectivity index (χ0) is 12.6. The van der Waals surface area contributed by atoms with Crippen LogP contribution in [0.3, 0.4) is 0 Å². The van der Waals surface area contributed by atoms with E-state index in [0.717, 1.165) is 12.0 Å². The third-order valence-corrected chi connectivity index (χ3v) is 2.79. The Labute approximate surface area is 108 Å². The van der Waals surface area contributed by atoms with Gasteiger partial charge in [-0.25, -0.2) is 0 Å². The Balaban J connectivity index is 1.73. The van der Waals surface area contributed by atoms with Gasteiger partial charge in [0.25, 0.3) is 0 Å². The predicted octanol–water partition coefficient (Wildman–Crippen LogP) is 2.59. The molecule has 0 spiro atoms. The molecule has 0 saturated heterocycles. The van der Waals surface area contributed by atoms with Crippen LogP contribution in [-0.2, 0) is 17.6 Å². The third kappa shape index (κ3) is 4.06. The van der Waals surface area contributed by atoms with Crippen LogP contribution in [-0.4, -0.2) is 12.5 Å². The zero-order valence-electron chi connectivity index (χ0n) is 10.3. The van der Waals surface area contributed by atoms with E-state index < -0.39 is 0 Å². The topological polar surface area (TPSA) is 29.1 Å². The summed E-state index contributed by atoms with van der Waals surface area (Å²) < 4.78 is 0. The van der Waals surface area contributed by atoms with Gasteiger partial charge in [0, 0.05) is 6.54 Å². The molecule has 1 N–H and O–H groups in total. The van der Waals surface area contributed by atoms with E-state index in [2.05, 4.69) is 17.4 Å². The molecule has 0 unspecified atom stereocenters. The molecule has 2 heteroatoms. The van der Waals surface area contributed by atoms with Crippen LogP contribution in [0.25, 0.3) is 0 Å². The molecular weight excluding hydrogens is 224 g/mol. The average Bonchev–Trinajstić information content (AvgIpc) is 2.41. The molecule has 18 heavy (non-hydrogen) atoms. The molecule has 92 valence electrons. The number of carbonyl (C=O) groups excluding carboxylic acids is 1. The summed E-state index contributed by atoms with van der Waals surface area (Å²) in [6, 6.07) is 20.0. The Morgan fingerprint density at radius 1 is 0.833 bits per heavy atom. The summed E-state index contributed by atoms with van der Waals surface area (Å²) in [5.74, 6) is 0.0807. The van der Waals surface area contributed by atoms with Crippen LogP contribution in [0.1, 0.15) is 11.1 Å². The second-order valence-corrected chi connectivity index (χ2v) is 4.25. The molecule has 0 aromatic heterocycles. The molecule has 0 radical (unpaired) electrons. The summed E-state index contributed by atoms with van der Waals surface area (Å²) in [5, 5.41) is 2.94. The largest absolute Gasteiger partial charge is 0.355 e. The molecule has 0 aliphatic carbocycles. The predicted molar refractivity (Wildman–Crippen MR) is 73.3 cm³/mol. The van der Waals surface area contributed by atoms with Gasteiger partial charge in [-0.3, -0.25) is 4.79 Å². The molecule has 0 fully saturated rings. The van der Waals surface area contributed by atoms with Crippen LogP contribution in [0.4, 0.5) is 0 Å². The maximum absolute atomic E-state index is 11.7. The number of amides is 1. The lowest BCUT2D eigenvalue weighted by Gasteiger charge is -2.05. The summed E-state index contributed by atoms with van der Waals surface area (Å²) in [6.45, 7) is 0.690. The van der Waals surface area contributed by atoms with Crippen molar-refractivity contribution in [2.45, 2.75) is 12.8 Å². The lowest BCUT2D eigenvalue weighted by Crippen LogP contribution is -2.27. The van der Waals surface area contributed by atoms with Gasteiger partial charge in [0.05, 0.1) is 6.42 Å². The Morgan fingerprint density at radius 3 is 2.00 bits per heavy atom. The van der Waals surface area contributed by atoms with E-state index in [1.165, 1.54) is 5.56 Å². The van der Waals surface area contributed by atoms with Gasteiger partial charge in [0.15, 0.2) is 0 Å². The number of benzene rings is 2. The van der Waals surface area contributed by atoms with Crippen LogP contribution in [0.5, 0.6) is 0 Å². The number of hydrogen-bond acceptors (Lipinski definition) is 1. The molecule has 0 heterocycles. The van der Waals surface area contributed by atoms with Gasteiger partial charge >= 0.3 is 0 Å². The van der Waals surface area contributed by atoms with Crippen LogP contribution >= 0.6 is 0 Å². The standard InChI is InChI=1S/C16H17NO/c18-16(13-15-9-5-2-6-10-15)17-12-11-14-7-3-1-4-8-14/h1-10H,11-13H2,(H,17,18)/i18+2. The number of carbonyl (C=O) groups is 1. The van der Waals surface area contributed by atoms with Gasteiger partial charge < -0.3 is 5.32 Å². The molecule has 0 aliphatic heterocycles. The van der Waals surface area contributed by atoms with Gasteiger partial charge in [-0.05, 0) is 17.5 Å². The summed E-state index contributed by atoms with van der Waals surface area (Å²) in [7, 11) is 0. The van der Waals surface area contributed by atoms with E-state index in [1.54, 1.807) is 0 Å². The first-order valence-electron chi connectivity index (χ1n) is 6.19. The third-order valence-electron chi connectivity index (χ3n) is 2.79. The zero-order valence-corrected chi connectivity index (χ0v) is 10.3. The molecule has 0 atom stereocenters. The first-order chi connectivity index (χ1) is 8.84. The Hall–Kier alpha value is -2.09. The van der Waals surface area contributed by atoms with Crippen molar-refractivity contribution in [3.63, 3.8) is 0 Å². The molecule has 2 aromatic carbocycles. The van der Waals surface area contributed by atoms with Crippen LogP contribution in [0.15, 0.2) is 60.7 Å². The van der Waals surface area contributed by atoms with E-state index in [9.17, 15) is 4.79 Å². The minimum absolute atomic E-state index is 0.0807. The van der Waals surface area contributed by atoms with E-state index >= 15 is 0 Å². The van der Waals surface area contributed by atoms with Gasteiger partial charge in [0.2, 0.25) is 5.91 Å². The highest BCUT2D eigenvalue weighted by atomic mass is 18.1. The van der Waals surface area contributed by atoms with Gasteiger partial charge in [-0.1, -0.05) is 60.7 Å². The second kappa shape index (κ2) is 6.60. The smallest absolute Gasteiger partial charge is 0.224 e. The normalized spacial score (nSPS) is 10.0.